The van der Waals surface area contributed by atoms with E-state index in [4.69, 9.17) is 20.9 Å². The second-order valence-electron chi connectivity index (χ2n) is 6.24. The molecule has 0 spiro atoms. The molecular formula is C17H29ClN6O6. The van der Waals surface area contributed by atoms with E-state index < -0.39 is 17.6 Å². The maximum Gasteiger partial charge on any atom is 0.323 e. The van der Waals surface area contributed by atoms with Crippen LogP contribution in [0.3, 0.4) is 0 Å². The van der Waals surface area contributed by atoms with Crippen molar-refractivity contribution in [2.45, 2.75) is 40.5 Å². The molecule has 2 heterocycles. The number of aromatic amines is 1. The molecule has 0 bridgehead atoms. The molecule has 0 fully saturated rings. The zero-order valence-corrected chi connectivity index (χ0v) is 18.2. The maximum atomic E-state index is 11.6. The average molecular weight is 449 g/mol. The summed E-state index contributed by atoms with van der Waals surface area (Å²) < 4.78 is 16.3. The quantitative estimate of drug-likeness (QED) is 0.373. The van der Waals surface area contributed by atoms with Crippen LogP contribution in [-0.2, 0) is 30.5 Å². The number of ether oxygens (including phenoxy) is 3. The number of hydrogen-bond acceptors (Lipinski definition) is 10. The number of carbonyl (C=O) groups is 2. The lowest BCUT2D eigenvalue weighted by Crippen LogP contribution is -2.37. The second kappa shape index (κ2) is 13.5. The number of aromatic nitrogens is 4. The molecule has 5 N–H and O–H groups in total. The number of nitrogens with two attached hydrogens (primary N) is 2. The first-order valence-electron chi connectivity index (χ1n) is 9.01. The smallest absolute Gasteiger partial charge is 0.323 e. The summed E-state index contributed by atoms with van der Waals surface area (Å²) in [6.45, 7) is 7.69. The summed E-state index contributed by atoms with van der Waals surface area (Å²) in [5.74, 6) is -0.661. The van der Waals surface area contributed by atoms with Crippen LogP contribution < -0.4 is 17.0 Å². The molecule has 0 aliphatic rings. The molecule has 170 valence electrons. The number of anilines is 1. The number of nitrogens with one attached hydrogen (secondary N) is 1. The van der Waals surface area contributed by atoms with Gasteiger partial charge in [0.25, 0.3) is 5.56 Å². The number of nitrogens with zero attached hydrogens (tertiary/aromatic N) is 3. The Morgan fingerprint density at radius 2 is 1.93 bits per heavy atom. The van der Waals surface area contributed by atoms with Crippen molar-refractivity contribution in [3.8, 4) is 0 Å². The van der Waals surface area contributed by atoms with E-state index in [2.05, 4.69) is 19.7 Å². The third-order valence-corrected chi connectivity index (χ3v) is 3.53. The van der Waals surface area contributed by atoms with E-state index in [-0.39, 0.29) is 55.7 Å². The molecule has 1 atom stereocenters. The Morgan fingerprint density at radius 1 is 1.27 bits per heavy atom. The van der Waals surface area contributed by atoms with Crippen LogP contribution >= 0.6 is 12.4 Å². The third-order valence-electron chi connectivity index (χ3n) is 3.53. The number of hydrogen-bond donors (Lipinski definition) is 3. The van der Waals surface area contributed by atoms with Gasteiger partial charge in [0.2, 0.25) is 5.95 Å². The predicted molar refractivity (Wildman–Crippen MR) is 112 cm³/mol. The van der Waals surface area contributed by atoms with Crippen LogP contribution in [0.15, 0.2) is 11.1 Å². The van der Waals surface area contributed by atoms with Gasteiger partial charge in [-0.3, -0.25) is 23.9 Å². The summed E-state index contributed by atoms with van der Waals surface area (Å²) in [5.41, 5.74) is 11.2. The van der Waals surface area contributed by atoms with Crippen molar-refractivity contribution in [2.24, 2.45) is 11.7 Å². The molecule has 0 unspecified atom stereocenters. The standard InChI is InChI=1S/C13H20N6O4.C4H8O2.ClH/c1-7(2)8(14)12(21)23-4-3-22-6-19-5-16-9-10(19)17-13(15)18-11(9)20;1-3-6-4(2)5;/h5,7-8H,3-4,6,14H2,1-2H3,(H3,15,17,18,20);3H2,1-2H3;1H/t8-;;/m0../s1. The van der Waals surface area contributed by atoms with Gasteiger partial charge >= 0.3 is 11.9 Å². The van der Waals surface area contributed by atoms with Gasteiger partial charge in [-0.1, -0.05) is 13.8 Å². The van der Waals surface area contributed by atoms with Crippen molar-refractivity contribution in [3.05, 3.63) is 16.7 Å². The Balaban J connectivity index is 0.00000105. The van der Waals surface area contributed by atoms with Crippen LogP contribution in [0.2, 0.25) is 0 Å². The van der Waals surface area contributed by atoms with Crippen LogP contribution in [0.4, 0.5) is 5.95 Å². The fourth-order valence-corrected chi connectivity index (χ4v) is 2.00. The molecule has 0 aliphatic carbocycles. The third kappa shape index (κ3) is 8.76. The summed E-state index contributed by atoms with van der Waals surface area (Å²) in [6, 6.07) is -0.647. The van der Waals surface area contributed by atoms with Gasteiger partial charge in [-0.05, 0) is 12.8 Å². The molecule has 0 saturated carbocycles. The van der Waals surface area contributed by atoms with Crippen LogP contribution in [0.5, 0.6) is 0 Å². The van der Waals surface area contributed by atoms with E-state index in [1.54, 1.807) is 6.92 Å². The van der Waals surface area contributed by atoms with Crippen molar-refractivity contribution >= 4 is 41.5 Å². The van der Waals surface area contributed by atoms with Gasteiger partial charge in [0.05, 0.1) is 19.5 Å². The first kappa shape index (κ1) is 27.3. The Morgan fingerprint density at radius 3 is 2.47 bits per heavy atom. The zero-order valence-electron chi connectivity index (χ0n) is 17.4. The number of carbonyl (C=O) groups excluding carboxylic acids is 2. The van der Waals surface area contributed by atoms with Crippen molar-refractivity contribution < 1.29 is 23.8 Å². The minimum Gasteiger partial charge on any atom is -0.466 e. The van der Waals surface area contributed by atoms with Gasteiger partial charge in [-0.15, -0.1) is 12.4 Å². The van der Waals surface area contributed by atoms with Gasteiger partial charge in [0.1, 0.15) is 19.4 Å². The summed E-state index contributed by atoms with van der Waals surface area (Å²) in [4.78, 5) is 43.3. The average Bonchev–Trinajstić information content (AvgIpc) is 3.04. The number of imidazole rings is 1. The Kier molecular flexibility index (Phi) is 12.3. The molecule has 2 aromatic heterocycles. The largest absolute Gasteiger partial charge is 0.466 e. The SMILES string of the molecule is CC(C)[C@H](N)C(=O)OCCOCn1cnc2c(=O)[nH]c(N)nc21.CCOC(C)=O.Cl. The van der Waals surface area contributed by atoms with E-state index in [9.17, 15) is 14.4 Å². The molecule has 0 saturated heterocycles. The van der Waals surface area contributed by atoms with Crippen molar-refractivity contribution in [1.29, 1.82) is 0 Å². The fraction of sp³-hybridized carbons (Fsp3) is 0.588. The van der Waals surface area contributed by atoms with Crippen LogP contribution in [0, 0.1) is 5.92 Å². The van der Waals surface area contributed by atoms with Gasteiger partial charge in [-0.25, -0.2) is 4.98 Å². The molecule has 30 heavy (non-hydrogen) atoms. The summed E-state index contributed by atoms with van der Waals surface area (Å²) in [5, 5.41) is 0. The van der Waals surface area contributed by atoms with Crippen molar-refractivity contribution in [1.82, 2.24) is 19.5 Å². The van der Waals surface area contributed by atoms with Crippen LogP contribution in [0.25, 0.3) is 11.2 Å². The lowest BCUT2D eigenvalue weighted by molar-refractivity contribution is -0.148. The van der Waals surface area contributed by atoms with Gasteiger partial charge in [-0.2, -0.15) is 4.98 Å². The van der Waals surface area contributed by atoms with E-state index in [0.29, 0.717) is 12.3 Å². The fourth-order valence-electron chi connectivity index (χ4n) is 2.00. The van der Waals surface area contributed by atoms with Crippen LogP contribution in [-0.4, -0.2) is 57.3 Å². The predicted octanol–water partition coefficient (Wildman–Crippen LogP) is 0.194. The normalized spacial score (nSPS) is 11.3. The van der Waals surface area contributed by atoms with Gasteiger partial charge in [0, 0.05) is 6.92 Å². The minimum atomic E-state index is -0.647. The molecule has 12 nitrogen and oxygen atoms in total. The van der Waals surface area contributed by atoms with Crippen LogP contribution in [0.1, 0.15) is 27.7 Å². The van der Waals surface area contributed by atoms with E-state index in [0.717, 1.165) is 0 Å². The second-order valence-corrected chi connectivity index (χ2v) is 6.24. The first-order chi connectivity index (χ1) is 13.7. The highest BCUT2D eigenvalue weighted by Gasteiger charge is 2.18. The van der Waals surface area contributed by atoms with Gasteiger partial charge < -0.3 is 25.7 Å². The summed E-state index contributed by atoms with van der Waals surface area (Å²) in [6.07, 6.45) is 1.42. The first-order valence-corrected chi connectivity index (χ1v) is 9.01. The Hall–Kier alpha value is -2.70. The topological polar surface area (TPSA) is 177 Å². The van der Waals surface area contributed by atoms with E-state index in [1.807, 2.05) is 13.8 Å². The summed E-state index contributed by atoms with van der Waals surface area (Å²) >= 11 is 0. The molecule has 0 amide bonds. The number of H-pyrrole nitrogens is 1. The highest BCUT2D eigenvalue weighted by atomic mass is 35.5. The maximum absolute atomic E-state index is 11.6. The highest BCUT2D eigenvalue weighted by Crippen LogP contribution is 2.06. The lowest BCUT2D eigenvalue weighted by Gasteiger charge is -2.14. The molecule has 13 heteroatoms. The van der Waals surface area contributed by atoms with Crippen molar-refractivity contribution in [2.75, 3.05) is 25.6 Å². The number of esters is 2. The monoisotopic (exact) mass is 448 g/mol. The van der Waals surface area contributed by atoms with Gasteiger partial charge in [0.15, 0.2) is 11.2 Å². The van der Waals surface area contributed by atoms with Crippen molar-refractivity contribution in [3.63, 3.8) is 0 Å². The molecule has 0 radical (unpaired) electrons. The number of fused-ring (bicyclic) bond motifs is 1. The van der Waals surface area contributed by atoms with E-state index >= 15 is 0 Å². The Labute approximate surface area is 179 Å². The van der Waals surface area contributed by atoms with E-state index in [1.165, 1.54) is 17.8 Å². The zero-order chi connectivity index (χ0) is 22.0. The number of nitrogen functional groups attached to an aromatic ring is 1. The lowest BCUT2D eigenvalue weighted by atomic mass is 10.1. The summed E-state index contributed by atoms with van der Waals surface area (Å²) in [7, 11) is 0. The highest BCUT2D eigenvalue weighted by molar-refractivity contribution is 5.85. The minimum absolute atomic E-state index is 0. The number of rotatable bonds is 8. The molecule has 2 rings (SSSR count). The molecule has 2 aromatic rings. The Bertz CT molecular complexity index is 868. The molecular weight excluding hydrogens is 420 g/mol. The molecule has 0 aliphatic heterocycles. The number of halogens is 1. The molecule has 0 aromatic carbocycles.